The molecular formula is C14H18N4O. The highest BCUT2D eigenvalue weighted by molar-refractivity contribution is 5.62. The lowest BCUT2D eigenvalue weighted by atomic mass is 10.1. The minimum atomic E-state index is 0.498. The summed E-state index contributed by atoms with van der Waals surface area (Å²) in [4.78, 5) is 4.35. The van der Waals surface area contributed by atoms with E-state index < -0.39 is 0 Å². The van der Waals surface area contributed by atoms with E-state index in [0.717, 1.165) is 49.0 Å². The van der Waals surface area contributed by atoms with E-state index in [-0.39, 0.29) is 0 Å². The van der Waals surface area contributed by atoms with E-state index >= 15 is 0 Å². The van der Waals surface area contributed by atoms with Crippen LogP contribution in [-0.2, 0) is 4.74 Å². The second kappa shape index (κ2) is 5.40. The quantitative estimate of drug-likeness (QED) is 0.887. The molecule has 2 aromatic rings. The lowest BCUT2D eigenvalue weighted by Gasteiger charge is -2.24. The number of benzene rings is 1. The van der Waals surface area contributed by atoms with Gasteiger partial charge >= 0.3 is 0 Å². The van der Waals surface area contributed by atoms with Gasteiger partial charge in [0.2, 0.25) is 0 Å². The molecule has 3 rings (SSSR count). The summed E-state index contributed by atoms with van der Waals surface area (Å²) in [6, 6.07) is 8.73. The Hall–Kier alpha value is -1.88. The van der Waals surface area contributed by atoms with Crippen LogP contribution < -0.4 is 5.32 Å². The first-order valence-electron chi connectivity index (χ1n) is 6.65. The Labute approximate surface area is 112 Å². The first-order chi connectivity index (χ1) is 9.31. The summed E-state index contributed by atoms with van der Waals surface area (Å²) in [5, 5.41) is 10.6. The van der Waals surface area contributed by atoms with Gasteiger partial charge in [0.1, 0.15) is 5.82 Å². The number of rotatable bonds is 3. The lowest BCUT2D eigenvalue weighted by molar-refractivity contribution is 0.0904. The zero-order valence-electron chi connectivity index (χ0n) is 11.0. The number of H-pyrrole nitrogens is 1. The van der Waals surface area contributed by atoms with Gasteiger partial charge in [0.25, 0.3) is 0 Å². The van der Waals surface area contributed by atoms with Crippen molar-refractivity contribution in [2.75, 3.05) is 18.5 Å². The smallest absolute Gasteiger partial charge is 0.181 e. The monoisotopic (exact) mass is 258 g/mol. The molecule has 1 saturated heterocycles. The van der Waals surface area contributed by atoms with Gasteiger partial charge in [-0.2, -0.15) is 5.10 Å². The maximum atomic E-state index is 5.37. The number of anilines is 1. The van der Waals surface area contributed by atoms with Gasteiger partial charge in [0.05, 0.1) is 0 Å². The molecule has 19 heavy (non-hydrogen) atoms. The van der Waals surface area contributed by atoms with Gasteiger partial charge in [-0.1, -0.05) is 12.1 Å². The van der Waals surface area contributed by atoms with Crippen molar-refractivity contribution >= 4 is 5.69 Å². The van der Waals surface area contributed by atoms with Crippen LogP contribution in [0.5, 0.6) is 0 Å². The van der Waals surface area contributed by atoms with E-state index in [1.54, 1.807) is 0 Å². The molecular weight excluding hydrogens is 240 g/mol. The predicted octanol–water partition coefficient (Wildman–Crippen LogP) is 2.37. The van der Waals surface area contributed by atoms with Crippen LogP contribution in [0.4, 0.5) is 5.69 Å². The summed E-state index contributed by atoms with van der Waals surface area (Å²) in [7, 11) is 0. The number of aryl methyl sites for hydroxylation is 1. The number of ether oxygens (including phenoxy) is 1. The van der Waals surface area contributed by atoms with Crippen LogP contribution in [0.25, 0.3) is 11.4 Å². The average Bonchev–Trinajstić information content (AvgIpc) is 2.87. The van der Waals surface area contributed by atoms with E-state index in [2.05, 4.69) is 32.6 Å². The van der Waals surface area contributed by atoms with Gasteiger partial charge in [-0.15, -0.1) is 0 Å². The van der Waals surface area contributed by atoms with Gasteiger partial charge < -0.3 is 10.1 Å². The van der Waals surface area contributed by atoms with E-state index in [9.17, 15) is 0 Å². The van der Waals surface area contributed by atoms with E-state index in [0.29, 0.717) is 6.04 Å². The molecule has 2 heterocycles. The Kier molecular flexibility index (Phi) is 3.46. The molecule has 0 atom stereocenters. The van der Waals surface area contributed by atoms with Crippen LogP contribution in [0.1, 0.15) is 18.7 Å². The summed E-state index contributed by atoms with van der Waals surface area (Å²) in [6.45, 7) is 3.59. The Balaban J connectivity index is 1.75. The minimum Gasteiger partial charge on any atom is -0.382 e. The standard InChI is InChI=1S/C14H18N4O/c1-10-15-14(18-17-10)11-3-2-4-13(9-11)16-12-5-7-19-8-6-12/h2-4,9,12,16H,5-8H2,1H3,(H,15,17,18). The van der Waals surface area contributed by atoms with Crippen molar-refractivity contribution in [2.24, 2.45) is 0 Å². The van der Waals surface area contributed by atoms with Gasteiger partial charge in [0, 0.05) is 30.5 Å². The molecule has 5 nitrogen and oxygen atoms in total. The zero-order chi connectivity index (χ0) is 13.1. The Morgan fingerprint density at radius 2 is 2.16 bits per heavy atom. The number of aromatic amines is 1. The van der Waals surface area contributed by atoms with Crippen molar-refractivity contribution in [1.82, 2.24) is 15.2 Å². The fraction of sp³-hybridized carbons (Fsp3) is 0.429. The maximum absolute atomic E-state index is 5.37. The molecule has 0 amide bonds. The van der Waals surface area contributed by atoms with Gasteiger partial charge in [-0.25, -0.2) is 4.98 Å². The van der Waals surface area contributed by atoms with Crippen LogP contribution in [0.15, 0.2) is 24.3 Å². The molecule has 100 valence electrons. The summed E-state index contributed by atoms with van der Waals surface area (Å²) in [6.07, 6.45) is 2.12. The Morgan fingerprint density at radius 1 is 1.32 bits per heavy atom. The van der Waals surface area contributed by atoms with E-state index in [4.69, 9.17) is 4.74 Å². The molecule has 1 aromatic heterocycles. The van der Waals surface area contributed by atoms with Crippen molar-refractivity contribution in [3.8, 4) is 11.4 Å². The SMILES string of the molecule is Cc1nc(-c2cccc(NC3CCOCC3)c2)n[nH]1. The van der Waals surface area contributed by atoms with Crippen LogP contribution >= 0.6 is 0 Å². The van der Waals surface area contributed by atoms with Crippen LogP contribution in [0, 0.1) is 6.92 Å². The average molecular weight is 258 g/mol. The fourth-order valence-electron chi connectivity index (χ4n) is 2.30. The van der Waals surface area contributed by atoms with Gasteiger partial charge in [0.15, 0.2) is 5.82 Å². The number of aromatic nitrogens is 3. The van der Waals surface area contributed by atoms with Gasteiger partial charge in [-0.05, 0) is 31.9 Å². The van der Waals surface area contributed by atoms with Crippen molar-refractivity contribution in [3.63, 3.8) is 0 Å². The summed E-state index contributed by atoms with van der Waals surface area (Å²) >= 11 is 0. The molecule has 0 unspecified atom stereocenters. The number of nitrogens with zero attached hydrogens (tertiary/aromatic N) is 2. The van der Waals surface area contributed by atoms with E-state index in [1.165, 1.54) is 0 Å². The van der Waals surface area contributed by atoms with Crippen molar-refractivity contribution in [2.45, 2.75) is 25.8 Å². The summed E-state index contributed by atoms with van der Waals surface area (Å²) < 4.78 is 5.37. The number of hydrogen-bond donors (Lipinski definition) is 2. The third-order valence-electron chi connectivity index (χ3n) is 3.31. The van der Waals surface area contributed by atoms with Crippen LogP contribution in [0.3, 0.4) is 0 Å². The highest BCUT2D eigenvalue weighted by Crippen LogP contribution is 2.21. The second-order valence-corrected chi connectivity index (χ2v) is 4.86. The summed E-state index contributed by atoms with van der Waals surface area (Å²) in [5.41, 5.74) is 2.15. The third-order valence-corrected chi connectivity index (χ3v) is 3.31. The molecule has 5 heteroatoms. The van der Waals surface area contributed by atoms with Crippen LogP contribution in [-0.4, -0.2) is 34.4 Å². The zero-order valence-corrected chi connectivity index (χ0v) is 11.0. The highest BCUT2D eigenvalue weighted by Gasteiger charge is 2.13. The first-order valence-corrected chi connectivity index (χ1v) is 6.65. The van der Waals surface area contributed by atoms with Crippen molar-refractivity contribution in [1.29, 1.82) is 0 Å². The number of hydrogen-bond acceptors (Lipinski definition) is 4. The van der Waals surface area contributed by atoms with Crippen molar-refractivity contribution < 1.29 is 4.74 Å². The number of nitrogens with one attached hydrogen (secondary N) is 2. The van der Waals surface area contributed by atoms with Crippen molar-refractivity contribution in [3.05, 3.63) is 30.1 Å². The molecule has 1 aliphatic heterocycles. The normalized spacial score (nSPS) is 16.5. The lowest BCUT2D eigenvalue weighted by Crippen LogP contribution is -2.27. The highest BCUT2D eigenvalue weighted by atomic mass is 16.5. The van der Waals surface area contributed by atoms with E-state index in [1.807, 2.05) is 19.1 Å². The molecule has 0 saturated carbocycles. The molecule has 0 spiro atoms. The predicted molar refractivity (Wildman–Crippen MR) is 74.0 cm³/mol. The van der Waals surface area contributed by atoms with Gasteiger partial charge in [-0.3, -0.25) is 5.10 Å². The molecule has 0 aliphatic carbocycles. The summed E-state index contributed by atoms with van der Waals surface area (Å²) in [5.74, 6) is 1.57. The maximum Gasteiger partial charge on any atom is 0.181 e. The Bertz CT molecular complexity index is 546. The fourth-order valence-corrected chi connectivity index (χ4v) is 2.30. The molecule has 1 aromatic carbocycles. The largest absolute Gasteiger partial charge is 0.382 e. The third kappa shape index (κ3) is 2.93. The topological polar surface area (TPSA) is 62.8 Å². The second-order valence-electron chi connectivity index (χ2n) is 4.86. The van der Waals surface area contributed by atoms with Crippen LogP contribution in [0.2, 0.25) is 0 Å². The minimum absolute atomic E-state index is 0.498. The molecule has 0 radical (unpaired) electrons. The first kappa shape index (κ1) is 12.2. The Morgan fingerprint density at radius 3 is 2.89 bits per heavy atom. The molecule has 1 fully saturated rings. The molecule has 2 N–H and O–H groups in total. The molecule has 1 aliphatic rings. The molecule has 0 bridgehead atoms.